The molecular formula is C11H14N4O2. The number of H-pyrrole nitrogens is 1. The van der Waals surface area contributed by atoms with Gasteiger partial charge in [0, 0.05) is 0 Å². The number of carbonyl (C=O) groups excluding carboxylic acids is 1. The van der Waals surface area contributed by atoms with Gasteiger partial charge in [-0.25, -0.2) is 9.78 Å². The van der Waals surface area contributed by atoms with E-state index in [1.54, 1.807) is 4.90 Å². The summed E-state index contributed by atoms with van der Waals surface area (Å²) in [5.41, 5.74) is 1.05. The Bertz CT molecular complexity index is 469. The van der Waals surface area contributed by atoms with Gasteiger partial charge < -0.3 is 9.72 Å². The van der Waals surface area contributed by atoms with Gasteiger partial charge in [0.2, 0.25) is 5.82 Å². The fourth-order valence-corrected chi connectivity index (χ4v) is 1.64. The molecule has 0 saturated carbocycles. The van der Waals surface area contributed by atoms with Crippen LogP contribution in [-0.4, -0.2) is 26.6 Å². The summed E-state index contributed by atoms with van der Waals surface area (Å²) in [7, 11) is 0. The lowest BCUT2D eigenvalue weighted by Gasteiger charge is -2.23. The van der Waals surface area contributed by atoms with E-state index >= 15 is 0 Å². The molecule has 0 aromatic carbocycles. The number of nitrogens with one attached hydrogen (secondary N) is 1. The van der Waals surface area contributed by atoms with Crippen molar-refractivity contribution in [3.8, 4) is 6.07 Å². The number of hydrogen-bond acceptors (Lipinski definition) is 4. The van der Waals surface area contributed by atoms with Crippen molar-refractivity contribution in [2.75, 3.05) is 0 Å². The molecule has 0 unspecified atom stereocenters. The molecule has 1 aromatic rings. The molecule has 1 N–H and O–H groups in total. The summed E-state index contributed by atoms with van der Waals surface area (Å²) in [6, 6.07) is 1.94. The minimum atomic E-state index is -0.501. The molecule has 2 heterocycles. The summed E-state index contributed by atoms with van der Waals surface area (Å²) < 4.78 is 5.26. The number of ether oxygens (including phenoxy) is 1. The van der Waals surface area contributed by atoms with Crippen LogP contribution in [0, 0.1) is 11.3 Å². The standard InChI is InChI=1S/C11H14N4O2/c1-11(2,3)17-10(16)15-5-7-8(6-15)14-9(4-12)13-7/h5-6H2,1-3H3,(H,13,14). The van der Waals surface area contributed by atoms with E-state index < -0.39 is 5.60 Å². The lowest BCUT2D eigenvalue weighted by molar-refractivity contribution is 0.0238. The normalized spacial score (nSPS) is 14.4. The second-order valence-electron chi connectivity index (χ2n) is 4.96. The molecule has 2 rings (SSSR count). The molecule has 0 spiro atoms. The smallest absolute Gasteiger partial charge is 0.410 e. The Hall–Kier alpha value is -2.03. The van der Waals surface area contributed by atoms with Crippen molar-refractivity contribution in [3.63, 3.8) is 0 Å². The van der Waals surface area contributed by atoms with Gasteiger partial charge in [-0.1, -0.05) is 0 Å². The van der Waals surface area contributed by atoms with E-state index in [1.807, 2.05) is 26.8 Å². The number of nitriles is 1. The van der Waals surface area contributed by atoms with Crippen LogP contribution in [0.4, 0.5) is 4.79 Å². The topological polar surface area (TPSA) is 82.0 Å². The second kappa shape index (κ2) is 3.77. The van der Waals surface area contributed by atoms with Crippen molar-refractivity contribution < 1.29 is 9.53 Å². The highest BCUT2D eigenvalue weighted by atomic mass is 16.6. The van der Waals surface area contributed by atoms with Gasteiger partial charge in [0.05, 0.1) is 24.5 Å². The van der Waals surface area contributed by atoms with E-state index in [4.69, 9.17) is 10.00 Å². The molecule has 1 aromatic heterocycles. The van der Waals surface area contributed by atoms with Gasteiger partial charge in [0.25, 0.3) is 0 Å². The Kier molecular flexibility index (Phi) is 2.54. The molecule has 1 amide bonds. The van der Waals surface area contributed by atoms with Gasteiger partial charge in [-0.2, -0.15) is 5.26 Å². The monoisotopic (exact) mass is 234 g/mol. The second-order valence-corrected chi connectivity index (χ2v) is 4.96. The number of rotatable bonds is 0. The minimum Gasteiger partial charge on any atom is -0.444 e. The Morgan fingerprint density at radius 2 is 2.24 bits per heavy atom. The first-order chi connectivity index (χ1) is 7.89. The maximum Gasteiger partial charge on any atom is 0.410 e. The third-order valence-corrected chi connectivity index (χ3v) is 2.31. The molecule has 0 aliphatic carbocycles. The third-order valence-electron chi connectivity index (χ3n) is 2.31. The van der Waals surface area contributed by atoms with E-state index in [9.17, 15) is 4.79 Å². The molecule has 17 heavy (non-hydrogen) atoms. The highest BCUT2D eigenvalue weighted by molar-refractivity contribution is 5.69. The number of fused-ring (bicyclic) bond motifs is 1. The SMILES string of the molecule is CC(C)(C)OC(=O)N1Cc2nc(C#N)[nH]c2C1. The zero-order chi connectivity index (χ0) is 12.6. The summed E-state index contributed by atoms with van der Waals surface area (Å²) in [4.78, 5) is 20.3. The number of imidazole rings is 1. The van der Waals surface area contributed by atoms with E-state index in [1.165, 1.54) is 0 Å². The highest BCUT2D eigenvalue weighted by Crippen LogP contribution is 2.22. The van der Waals surface area contributed by atoms with Crippen LogP contribution in [0.3, 0.4) is 0 Å². The number of nitrogens with zero attached hydrogens (tertiary/aromatic N) is 3. The van der Waals surface area contributed by atoms with E-state index in [2.05, 4.69) is 9.97 Å². The van der Waals surface area contributed by atoms with Crippen LogP contribution in [0.5, 0.6) is 0 Å². The fourth-order valence-electron chi connectivity index (χ4n) is 1.64. The minimum absolute atomic E-state index is 0.291. The molecule has 6 heteroatoms. The Morgan fingerprint density at radius 1 is 1.53 bits per heavy atom. The fraction of sp³-hybridized carbons (Fsp3) is 0.545. The summed E-state index contributed by atoms with van der Waals surface area (Å²) in [5, 5.41) is 8.67. The number of aromatic nitrogens is 2. The largest absolute Gasteiger partial charge is 0.444 e. The predicted octanol–water partition coefficient (Wildman–Crippen LogP) is 1.53. The third kappa shape index (κ3) is 2.38. The van der Waals surface area contributed by atoms with Gasteiger partial charge in [0.15, 0.2) is 0 Å². The van der Waals surface area contributed by atoms with Gasteiger partial charge in [0.1, 0.15) is 11.7 Å². The predicted molar refractivity (Wildman–Crippen MR) is 58.8 cm³/mol. The number of hydrogen-bond donors (Lipinski definition) is 1. The highest BCUT2D eigenvalue weighted by Gasteiger charge is 2.30. The van der Waals surface area contributed by atoms with Crippen molar-refractivity contribution in [2.45, 2.75) is 39.5 Å². The van der Waals surface area contributed by atoms with E-state index in [0.717, 1.165) is 11.4 Å². The zero-order valence-corrected chi connectivity index (χ0v) is 10.1. The lowest BCUT2D eigenvalue weighted by atomic mass is 10.2. The van der Waals surface area contributed by atoms with Crippen molar-refractivity contribution in [2.24, 2.45) is 0 Å². The first kappa shape index (κ1) is 11.5. The molecule has 90 valence electrons. The zero-order valence-electron chi connectivity index (χ0n) is 10.1. The average Bonchev–Trinajstić information content (AvgIpc) is 2.70. The van der Waals surface area contributed by atoms with Crippen LogP contribution < -0.4 is 0 Å². The van der Waals surface area contributed by atoms with Gasteiger partial charge in [-0.05, 0) is 20.8 Å². The Balaban J connectivity index is 2.03. The Morgan fingerprint density at radius 3 is 2.76 bits per heavy atom. The molecule has 1 aliphatic heterocycles. The average molecular weight is 234 g/mol. The van der Waals surface area contributed by atoms with Crippen LogP contribution in [-0.2, 0) is 17.8 Å². The molecule has 0 fully saturated rings. The maximum atomic E-state index is 11.8. The molecule has 0 radical (unpaired) electrons. The summed E-state index contributed by atoms with van der Waals surface area (Å²) in [6.45, 7) is 6.28. The molecular weight excluding hydrogens is 220 g/mol. The van der Waals surface area contributed by atoms with Crippen LogP contribution in [0.1, 0.15) is 38.0 Å². The Labute approximate surface area is 99.2 Å². The van der Waals surface area contributed by atoms with Crippen LogP contribution in [0.15, 0.2) is 0 Å². The van der Waals surface area contributed by atoms with Crippen LogP contribution >= 0.6 is 0 Å². The van der Waals surface area contributed by atoms with Gasteiger partial charge in [-0.3, -0.25) is 4.90 Å². The van der Waals surface area contributed by atoms with Crippen molar-refractivity contribution >= 4 is 6.09 Å². The molecule has 1 aliphatic rings. The molecule has 6 nitrogen and oxygen atoms in total. The van der Waals surface area contributed by atoms with E-state index in [-0.39, 0.29) is 6.09 Å². The summed E-state index contributed by atoms with van der Waals surface area (Å²) in [5.74, 6) is 0.291. The van der Waals surface area contributed by atoms with Crippen molar-refractivity contribution in [3.05, 3.63) is 17.2 Å². The van der Waals surface area contributed by atoms with Crippen LogP contribution in [0.2, 0.25) is 0 Å². The van der Waals surface area contributed by atoms with E-state index in [0.29, 0.717) is 18.9 Å². The number of aromatic amines is 1. The van der Waals surface area contributed by atoms with Gasteiger partial charge in [-0.15, -0.1) is 0 Å². The molecule has 0 bridgehead atoms. The number of amides is 1. The summed E-state index contributed by atoms with van der Waals surface area (Å²) >= 11 is 0. The van der Waals surface area contributed by atoms with Gasteiger partial charge >= 0.3 is 6.09 Å². The molecule has 0 atom stereocenters. The van der Waals surface area contributed by atoms with Crippen molar-refractivity contribution in [1.29, 1.82) is 5.26 Å². The number of carbonyl (C=O) groups is 1. The summed E-state index contributed by atoms with van der Waals surface area (Å²) in [6.07, 6.45) is -0.359. The maximum absolute atomic E-state index is 11.8. The van der Waals surface area contributed by atoms with Crippen molar-refractivity contribution in [1.82, 2.24) is 14.9 Å². The quantitative estimate of drug-likeness (QED) is 0.738. The van der Waals surface area contributed by atoms with Crippen LogP contribution in [0.25, 0.3) is 0 Å². The molecule has 0 saturated heterocycles. The first-order valence-corrected chi connectivity index (χ1v) is 5.35. The first-order valence-electron chi connectivity index (χ1n) is 5.35. The lowest BCUT2D eigenvalue weighted by Crippen LogP contribution is -2.33.